The highest BCUT2D eigenvalue weighted by Gasteiger charge is 2.00. The maximum atomic E-state index is 13.7. The zero-order valence-corrected chi connectivity index (χ0v) is 13.6. The summed E-state index contributed by atoms with van der Waals surface area (Å²) in [6, 6.07) is 20.6. The van der Waals surface area contributed by atoms with Gasteiger partial charge in [0.2, 0.25) is 0 Å². The summed E-state index contributed by atoms with van der Waals surface area (Å²) >= 11 is 0. The lowest BCUT2D eigenvalue weighted by atomic mass is 10.2. The molecule has 3 aromatic carbocycles. The Bertz CT molecular complexity index is 853. The second kappa shape index (κ2) is 7.04. The number of anilines is 2. The predicted molar refractivity (Wildman–Crippen MR) is 96.2 cm³/mol. The molecule has 0 aromatic heterocycles. The van der Waals surface area contributed by atoms with Crippen LogP contribution in [0, 0.1) is 19.7 Å². The van der Waals surface area contributed by atoms with Crippen LogP contribution in [0.3, 0.4) is 0 Å². The fourth-order valence-electron chi connectivity index (χ4n) is 2.22. The lowest BCUT2D eigenvalue weighted by Crippen LogP contribution is -1.89. The van der Waals surface area contributed by atoms with Crippen LogP contribution in [0.25, 0.3) is 0 Å². The minimum absolute atomic E-state index is 0.238. The van der Waals surface area contributed by atoms with Crippen molar-refractivity contribution in [3.8, 4) is 0 Å². The fraction of sp³-hybridized carbons (Fsp3) is 0.100. The number of hydrogen-bond acceptors (Lipinski definition) is 3. The number of benzene rings is 3. The van der Waals surface area contributed by atoms with E-state index in [1.807, 2.05) is 49.4 Å². The third kappa shape index (κ3) is 4.04. The van der Waals surface area contributed by atoms with Gasteiger partial charge in [-0.1, -0.05) is 23.8 Å². The van der Waals surface area contributed by atoms with Crippen molar-refractivity contribution >= 4 is 22.7 Å². The summed E-state index contributed by atoms with van der Waals surface area (Å²) in [5.74, 6) is -0.364. The second-order valence-corrected chi connectivity index (χ2v) is 5.69. The van der Waals surface area contributed by atoms with Gasteiger partial charge in [0.25, 0.3) is 0 Å². The van der Waals surface area contributed by atoms with Crippen molar-refractivity contribution in [1.29, 1.82) is 0 Å². The number of rotatable bonds is 4. The first-order valence-corrected chi connectivity index (χ1v) is 7.72. The van der Waals surface area contributed by atoms with E-state index >= 15 is 0 Å². The number of nitrogens with zero attached hydrogens (tertiary/aromatic N) is 2. The molecule has 0 aliphatic carbocycles. The van der Waals surface area contributed by atoms with Crippen LogP contribution in [-0.2, 0) is 0 Å². The smallest absolute Gasteiger partial charge is 0.150 e. The standard InChI is InChI=1S/C20H18FN3/c1-14-3-6-16(7-4-14)22-17-8-10-18(11-9-17)23-24-20-12-5-15(2)13-19(20)21/h3-13,22H,1-2H3. The minimum atomic E-state index is -0.364. The van der Waals surface area contributed by atoms with E-state index in [1.54, 1.807) is 6.07 Å². The third-order valence-corrected chi connectivity index (χ3v) is 3.58. The molecule has 3 rings (SSSR count). The summed E-state index contributed by atoms with van der Waals surface area (Å²) in [4.78, 5) is 0. The zero-order chi connectivity index (χ0) is 16.9. The maximum Gasteiger partial charge on any atom is 0.150 e. The number of azo groups is 1. The van der Waals surface area contributed by atoms with Crippen LogP contribution in [0.5, 0.6) is 0 Å². The molecule has 3 nitrogen and oxygen atoms in total. The molecule has 3 aromatic rings. The first-order valence-electron chi connectivity index (χ1n) is 7.72. The molecule has 4 heteroatoms. The number of halogens is 1. The first-order chi connectivity index (χ1) is 11.6. The van der Waals surface area contributed by atoms with Gasteiger partial charge in [-0.3, -0.25) is 0 Å². The molecule has 0 atom stereocenters. The molecule has 0 fully saturated rings. The van der Waals surface area contributed by atoms with Crippen LogP contribution >= 0.6 is 0 Å². The third-order valence-electron chi connectivity index (χ3n) is 3.58. The highest BCUT2D eigenvalue weighted by molar-refractivity contribution is 5.61. The second-order valence-electron chi connectivity index (χ2n) is 5.69. The zero-order valence-electron chi connectivity index (χ0n) is 13.6. The van der Waals surface area contributed by atoms with E-state index in [0.29, 0.717) is 5.69 Å². The van der Waals surface area contributed by atoms with Gasteiger partial charge in [0, 0.05) is 11.4 Å². The SMILES string of the molecule is Cc1ccc(Nc2ccc(N=Nc3ccc(C)cc3F)cc2)cc1. The molecule has 0 radical (unpaired) electrons. The van der Waals surface area contributed by atoms with Crippen molar-refractivity contribution in [2.45, 2.75) is 13.8 Å². The molecule has 1 N–H and O–H groups in total. The largest absolute Gasteiger partial charge is 0.356 e. The molecule has 0 aliphatic rings. The molecule has 120 valence electrons. The van der Waals surface area contributed by atoms with Crippen molar-refractivity contribution in [2.75, 3.05) is 5.32 Å². The van der Waals surface area contributed by atoms with Gasteiger partial charge in [-0.2, -0.15) is 5.11 Å². The van der Waals surface area contributed by atoms with Crippen molar-refractivity contribution in [3.05, 3.63) is 83.7 Å². The lowest BCUT2D eigenvalue weighted by molar-refractivity contribution is 0.627. The van der Waals surface area contributed by atoms with Crippen molar-refractivity contribution in [2.24, 2.45) is 10.2 Å². The monoisotopic (exact) mass is 319 g/mol. The van der Waals surface area contributed by atoms with Gasteiger partial charge >= 0.3 is 0 Å². The summed E-state index contributed by atoms with van der Waals surface area (Å²) in [7, 11) is 0. The van der Waals surface area contributed by atoms with Gasteiger partial charge in [0.15, 0.2) is 5.82 Å². The van der Waals surface area contributed by atoms with Gasteiger partial charge < -0.3 is 5.32 Å². The molecule has 0 aliphatic heterocycles. The number of aryl methyl sites for hydroxylation is 2. The topological polar surface area (TPSA) is 36.8 Å². The van der Waals surface area contributed by atoms with Crippen molar-refractivity contribution in [3.63, 3.8) is 0 Å². The highest BCUT2D eigenvalue weighted by atomic mass is 19.1. The van der Waals surface area contributed by atoms with E-state index < -0.39 is 0 Å². The van der Waals surface area contributed by atoms with Gasteiger partial charge in [-0.25, -0.2) is 4.39 Å². The quantitative estimate of drug-likeness (QED) is 0.540. The van der Waals surface area contributed by atoms with E-state index in [-0.39, 0.29) is 11.5 Å². The number of nitrogens with one attached hydrogen (secondary N) is 1. The molecule has 0 amide bonds. The Balaban J connectivity index is 1.70. The van der Waals surface area contributed by atoms with Crippen LogP contribution in [0.4, 0.5) is 27.1 Å². The Labute approximate surface area is 140 Å². The average molecular weight is 319 g/mol. The highest BCUT2D eigenvalue weighted by Crippen LogP contribution is 2.24. The molecule has 0 saturated heterocycles. The van der Waals surface area contributed by atoms with Gasteiger partial charge in [-0.05, 0) is 67.9 Å². The van der Waals surface area contributed by atoms with Gasteiger partial charge in [-0.15, -0.1) is 5.11 Å². The molecule has 0 bridgehead atoms. The molecular formula is C20H18FN3. The van der Waals surface area contributed by atoms with Crippen molar-refractivity contribution < 1.29 is 4.39 Å². The fourth-order valence-corrected chi connectivity index (χ4v) is 2.22. The molecule has 24 heavy (non-hydrogen) atoms. The lowest BCUT2D eigenvalue weighted by Gasteiger charge is -2.06. The Morgan fingerprint density at radius 2 is 1.29 bits per heavy atom. The normalized spacial score (nSPS) is 11.0. The van der Waals surface area contributed by atoms with Crippen LogP contribution in [0.2, 0.25) is 0 Å². The van der Waals surface area contributed by atoms with E-state index in [0.717, 1.165) is 16.9 Å². The summed E-state index contributed by atoms with van der Waals surface area (Å²) in [6.45, 7) is 3.89. The van der Waals surface area contributed by atoms with E-state index in [4.69, 9.17) is 0 Å². The number of hydrogen-bond donors (Lipinski definition) is 1. The van der Waals surface area contributed by atoms with Crippen LogP contribution in [0.1, 0.15) is 11.1 Å². The Kier molecular flexibility index (Phi) is 4.66. The van der Waals surface area contributed by atoms with Crippen molar-refractivity contribution in [1.82, 2.24) is 0 Å². The van der Waals surface area contributed by atoms with Gasteiger partial charge in [0.1, 0.15) is 5.69 Å². The molecular weight excluding hydrogens is 301 g/mol. The Hall–Kier alpha value is -3.01. The molecule has 0 heterocycles. The first kappa shape index (κ1) is 15.9. The molecule has 0 saturated carbocycles. The summed E-state index contributed by atoms with van der Waals surface area (Å²) in [6.07, 6.45) is 0. The van der Waals surface area contributed by atoms with Crippen LogP contribution < -0.4 is 5.32 Å². The predicted octanol–water partition coefficient (Wildman–Crippen LogP) is 6.60. The van der Waals surface area contributed by atoms with Crippen LogP contribution in [0.15, 0.2) is 77.0 Å². The summed E-state index contributed by atoms with van der Waals surface area (Å²) < 4.78 is 13.7. The molecule has 0 unspecified atom stereocenters. The Morgan fingerprint density at radius 1 is 0.708 bits per heavy atom. The summed E-state index contributed by atoms with van der Waals surface area (Å²) in [5, 5.41) is 11.4. The van der Waals surface area contributed by atoms with E-state index in [2.05, 4.69) is 34.6 Å². The van der Waals surface area contributed by atoms with E-state index in [9.17, 15) is 4.39 Å². The maximum absolute atomic E-state index is 13.7. The Morgan fingerprint density at radius 3 is 1.92 bits per heavy atom. The van der Waals surface area contributed by atoms with Crippen LogP contribution in [-0.4, -0.2) is 0 Å². The average Bonchev–Trinajstić information content (AvgIpc) is 2.57. The molecule has 0 spiro atoms. The minimum Gasteiger partial charge on any atom is -0.356 e. The summed E-state index contributed by atoms with van der Waals surface area (Å²) in [5.41, 5.74) is 4.97. The van der Waals surface area contributed by atoms with Gasteiger partial charge in [0.05, 0.1) is 5.69 Å². The van der Waals surface area contributed by atoms with E-state index in [1.165, 1.54) is 11.6 Å².